The molecule has 0 atom stereocenters. The van der Waals surface area contributed by atoms with E-state index >= 15 is 0 Å². The molecule has 0 amide bonds. The molecule has 102 valence electrons. The summed E-state index contributed by atoms with van der Waals surface area (Å²) >= 11 is 3.45. The Labute approximate surface area is 120 Å². The van der Waals surface area contributed by atoms with Crippen LogP contribution in [0.25, 0.3) is 11.4 Å². The Kier molecular flexibility index (Phi) is 3.89. The van der Waals surface area contributed by atoms with E-state index in [1.807, 2.05) is 13.8 Å². The van der Waals surface area contributed by atoms with Crippen molar-refractivity contribution in [2.45, 2.75) is 34.1 Å². The Morgan fingerprint density at radius 2 is 1.95 bits per heavy atom. The van der Waals surface area contributed by atoms with Gasteiger partial charge in [-0.2, -0.15) is 0 Å². The first-order valence-corrected chi connectivity index (χ1v) is 6.94. The minimum Gasteiger partial charge on any atom is -0.383 e. The molecule has 2 aromatic rings. The van der Waals surface area contributed by atoms with Crippen molar-refractivity contribution in [3.8, 4) is 11.4 Å². The van der Waals surface area contributed by atoms with Gasteiger partial charge in [0.1, 0.15) is 11.6 Å². The molecular weight excluding hydrogens is 308 g/mol. The molecular formula is C13H17BrN4O. The monoisotopic (exact) mass is 324 g/mol. The maximum Gasteiger partial charge on any atom is 0.167 e. The highest BCUT2D eigenvalue weighted by Gasteiger charge is 2.18. The summed E-state index contributed by atoms with van der Waals surface area (Å²) in [5, 5.41) is 3.93. The lowest BCUT2D eigenvalue weighted by molar-refractivity contribution is 0.393. The third-order valence-corrected chi connectivity index (χ3v) is 3.67. The highest BCUT2D eigenvalue weighted by Crippen LogP contribution is 2.29. The van der Waals surface area contributed by atoms with E-state index in [0.717, 1.165) is 27.8 Å². The zero-order chi connectivity index (χ0) is 14.2. The van der Waals surface area contributed by atoms with E-state index in [2.05, 4.69) is 44.9 Å². The van der Waals surface area contributed by atoms with Crippen LogP contribution < -0.4 is 5.73 Å². The number of nitrogens with zero attached hydrogens (tertiary/aromatic N) is 3. The van der Waals surface area contributed by atoms with Gasteiger partial charge in [-0.3, -0.25) is 0 Å². The fraction of sp³-hybridized carbons (Fsp3) is 0.462. The number of rotatable bonds is 3. The van der Waals surface area contributed by atoms with Crippen LogP contribution in [0.2, 0.25) is 0 Å². The van der Waals surface area contributed by atoms with Gasteiger partial charge in [-0.15, -0.1) is 0 Å². The second kappa shape index (κ2) is 5.28. The summed E-state index contributed by atoms with van der Waals surface area (Å²) < 4.78 is 5.93. The third-order valence-electron chi connectivity index (χ3n) is 2.80. The molecule has 0 spiro atoms. The van der Waals surface area contributed by atoms with Crippen LogP contribution in [0.15, 0.2) is 9.00 Å². The van der Waals surface area contributed by atoms with Crippen LogP contribution in [0.4, 0.5) is 5.82 Å². The predicted molar refractivity (Wildman–Crippen MR) is 77.7 cm³/mol. The van der Waals surface area contributed by atoms with Crippen LogP contribution in [0.1, 0.15) is 31.0 Å². The molecule has 0 aliphatic heterocycles. The van der Waals surface area contributed by atoms with Crippen LogP contribution in [0.5, 0.6) is 0 Å². The standard InChI is InChI=1S/C13H17BrN4O/c1-6(2)5-9-11(14)12(15)17-13(16-9)10-7(3)18-19-8(10)4/h6H,5H2,1-4H3,(H2,15,16,17). The lowest BCUT2D eigenvalue weighted by atomic mass is 10.1. The SMILES string of the molecule is Cc1noc(C)c1-c1nc(N)c(Br)c(CC(C)C)n1. The van der Waals surface area contributed by atoms with E-state index in [4.69, 9.17) is 10.3 Å². The summed E-state index contributed by atoms with van der Waals surface area (Å²) in [5.41, 5.74) is 8.46. The molecule has 0 fully saturated rings. The number of hydrogen-bond acceptors (Lipinski definition) is 5. The summed E-state index contributed by atoms with van der Waals surface area (Å²) in [6.45, 7) is 8.00. The second-order valence-electron chi connectivity index (χ2n) is 4.99. The zero-order valence-electron chi connectivity index (χ0n) is 11.5. The summed E-state index contributed by atoms with van der Waals surface area (Å²) in [7, 11) is 0. The molecule has 2 rings (SSSR count). The van der Waals surface area contributed by atoms with Gasteiger partial charge in [0.15, 0.2) is 5.82 Å². The summed E-state index contributed by atoms with van der Waals surface area (Å²) in [4.78, 5) is 8.92. The summed E-state index contributed by atoms with van der Waals surface area (Å²) in [5.74, 6) is 2.21. The lowest BCUT2D eigenvalue weighted by Crippen LogP contribution is -2.06. The van der Waals surface area contributed by atoms with E-state index in [0.29, 0.717) is 23.3 Å². The van der Waals surface area contributed by atoms with Gasteiger partial charge in [0.05, 0.1) is 21.4 Å². The average molecular weight is 325 g/mol. The second-order valence-corrected chi connectivity index (χ2v) is 5.78. The van der Waals surface area contributed by atoms with Gasteiger partial charge in [0.25, 0.3) is 0 Å². The molecule has 2 aromatic heterocycles. The first-order chi connectivity index (χ1) is 8.90. The van der Waals surface area contributed by atoms with Gasteiger partial charge in [-0.1, -0.05) is 19.0 Å². The van der Waals surface area contributed by atoms with Gasteiger partial charge in [0, 0.05) is 0 Å². The van der Waals surface area contributed by atoms with Crippen LogP contribution in [-0.4, -0.2) is 15.1 Å². The van der Waals surface area contributed by atoms with E-state index in [9.17, 15) is 0 Å². The molecule has 19 heavy (non-hydrogen) atoms. The number of aromatic nitrogens is 3. The van der Waals surface area contributed by atoms with Crippen LogP contribution in [0, 0.1) is 19.8 Å². The minimum atomic E-state index is 0.445. The molecule has 0 aliphatic rings. The van der Waals surface area contributed by atoms with E-state index in [1.165, 1.54) is 0 Å². The maximum atomic E-state index is 5.95. The number of hydrogen-bond donors (Lipinski definition) is 1. The van der Waals surface area contributed by atoms with Crippen LogP contribution in [0.3, 0.4) is 0 Å². The zero-order valence-corrected chi connectivity index (χ0v) is 13.1. The molecule has 0 unspecified atom stereocenters. The third kappa shape index (κ3) is 2.78. The van der Waals surface area contributed by atoms with Crippen molar-refractivity contribution in [3.63, 3.8) is 0 Å². The van der Waals surface area contributed by atoms with Crippen LogP contribution >= 0.6 is 15.9 Å². The topological polar surface area (TPSA) is 77.8 Å². The van der Waals surface area contributed by atoms with E-state index in [1.54, 1.807) is 0 Å². The van der Waals surface area contributed by atoms with Crippen molar-refractivity contribution in [3.05, 3.63) is 21.6 Å². The maximum absolute atomic E-state index is 5.95. The largest absolute Gasteiger partial charge is 0.383 e. The minimum absolute atomic E-state index is 0.445. The molecule has 2 N–H and O–H groups in total. The number of halogens is 1. The Morgan fingerprint density at radius 3 is 2.47 bits per heavy atom. The van der Waals surface area contributed by atoms with Gasteiger partial charge in [0.2, 0.25) is 0 Å². The molecule has 0 aromatic carbocycles. The predicted octanol–water partition coefficient (Wildman–Crippen LogP) is 3.29. The summed E-state index contributed by atoms with van der Waals surface area (Å²) in [6, 6.07) is 0. The Balaban J connectivity index is 2.57. The van der Waals surface area contributed by atoms with Gasteiger partial charge in [-0.25, -0.2) is 9.97 Å². The first kappa shape index (κ1) is 14.0. The number of anilines is 1. The fourth-order valence-corrected chi connectivity index (χ4v) is 2.29. The van der Waals surface area contributed by atoms with Crippen molar-refractivity contribution in [2.24, 2.45) is 5.92 Å². The Morgan fingerprint density at radius 1 is 1.26 bits per heavy atom. The molecule has 0 saturated heterocycles. The highest BCUT2D eigenvalue weighted by molar-refractivity contribution is 9.10. The van der Waals surface area contributed by atoms with Crippen LogP contribution in [-0.2, 0) is 6.42 Å². The van der Waals surface area contributed by atoms with E-state index in [-0.39, 0.29) is 0 Å². The van der Waals surface area contributed by atoms with Gasteiger partial charge in [-0.05, 0) is 42.1 Å². The first-order valence-electron chi connectivity index (χ1n) is 6.15. The quantitative estimate of drug-likeness (QED) is 0.937. The fourth-order valence-electron chi connectivity index (χ4n) is 1.95. The highest BCUT2D eigenvalue weighted by atomic mass is 79.9. The van der Waals surface area contributed by atoms with Crippen molar-refractivity contribution in [1.29, 1.82) is 0 Å². The summed E-state index contributed by atoms with van der Waals surface area (Å²) in [6.07, 6.45) is 0.837. The molecule has 0 radical (unpaired) electrons. The number of nitrogens with two attached hydrogens (primary N) is 1. The van der Waals surface area contributed by atoms with Crippen molar-refractivity contribution >= 4 is 21.7 Å². The van der Waals surface area contributed by atoms with Crippen molar-refractivity contribution in [2.75, 3.05) is 5.73 Å². The molecule has 2 heterocycles. The van der Waals surface area contributed by atoms with Crippen molar-refractivity contribution in [1.82, 2.24) is 15.1 Å². The van der Waals surface area contributed by atoms with Gasteiger partial charge < -0.3 is 10.3 Å². The molecule has 6 heteroatoms. The number of nitrogen functional groups attached to an aromatic ring is 1. The molecule has 0 bridgehead atoms. The van der Waals surface area contributed by atoms with Gasteiger partial charge >= 0.3 is 0 Å². The average Bonchev–Trinajstić information content (AvgIpc) is 2.64. The Hall–Kier alpha value is -1.43. The van der Waals surface area contributed by atoms with E-state index < -0.39 is 0 Å². The normalized spacial score (nSPS) is 11.3. The molecule has 0 aliphatic carbocycles. The lowest BCUT2D eigenvalue weighted by Gasteiger charge is -2.10. The number of aryl methyl sites for hydroxylation is 2. The Bertz CT molecular complexity index is 587. The molecule has 0 saturated carbocycles. The molecule has 5 nitrogen and oxygen atoms in total. The van der Waals surface area contributed by atoms with Crippen molar-refractivity contribution < 1.29 is 4.52 Å². The smallest absolute Gasteiger partial charge is 0.167 e.